The molecule has 0 saturated heterocycles. The number of rotatable bonds is 5. The normalized spacial score (nSPS) is 12.2. The highest BCUT2D eigenvalue weighted by Crippen LogP contribution is 2.36. The third-order valence-electron chi connectivity index (χ3n) is 6.37. The molecule has 0 aliphatic rings. The Bertz CT molecular complexity index is 1530. The standard InChI is InChI=1S/C28H24O2/c1-2-3-4-5-6-22-15-21-14-19-8-10-23-24(26(19)17-28(21)30-22)9-7-18-13-20-11-12-29-27(20)16-25(18)23/h7-17H,2-6H2,1H3. The fourth-order valence-electron chi connectivity index (χ4n) is 4.77. The van der Waals surface area contributed by atoms with Crippen LogP contribution in [0.1, 0.15) is 38.4 Å². The predicted octanol–water partition coefficient (Wildman–Crippen LogP) is 8.76. The largest absolute Gasteiger partial charge is 0.464 e. The molecule has 4 aromatic carbocycles. The summed E-state index contributed by atoms with van der Waals surface area (Å²) in [6.45, 7) is 2.25. The van der Waals surface area contributed by atoms with Crippen LogP contribution in [0.3, 0.4) is 0 Å². The maximum atomic E-state index is 6.22. The molecule has 2 heterocycles. The average Bonchev–Trinajstić information content (AvgIpc) is 3.38. The van der Waals surface area contributed by atoms with Gasteiger partial charge in [-0.1, -0.05) is 50.5 Å². The second kappa shape index (κ2) is 6.91. The number of hydrogen-bond acceptors (Lipinski definition) is 2. The van der Waals surface area contributed by atoms with Gasteiger partial charge in [0, 0.05) is 17.2 Å². The van der Waals surface area contributed by atoms with E-state index in [-0.39, 0.29) is 0 Å². The Morgan fingerprint density at radius 2 is 1.33 bits per heavy atom. The van der Waals surface area contributed by atoms with Gasteiger partial charge in [0.1, 0.15) is 16.9 Å². The lowest BCUT2D eigenvalue weighted by Crippen LogP contribution is -1.81. The molecule has 6 rings (SSSR count). The number of furan rings is 2. The van der Waals surface area contributed by atoms with E-state index >= 15 is 0 Å². The zero-order valence-corrected chi connectivity index (χ0v) is 17.2. The molecule has 0 unspecified atom stereocenters. The molecule has 0 spiro atoms. The molecule has 30 heavy (non-hydrogen) atoms. The molecule has 2 nitrogen and oxygen atoms in total. The van der Waals surface area contributed by atoms with Crippen molar-refractivity contribution in [3.05, 3.63) is 72.7 Å². The predicted molar refractivity (Wildman–Crippen MR) is 126 cm³/mol. The molecule has 0 saturated carbocycles. The molecule has 6 aromatic rings. The van der Waals surface area contributed by atoms with Crippen LogP contribution in [0.2, 0.25) is 0 Å². The van der Waals surface area contributed by atoms with Crippen LogP contribution in [0.25, 0.3) is 54.3 Å². The van der Waals surface area contributed by atoms with E-state index in [1.807, 2.05) is 6.07 Å². The third-order valence-corrected chi connectivity index (χ3v) is 6.37. The topological polar surface area (TPSA) is 26.3 Å². The van der Waals surface area contributed by atoms with Gasteiger partial charge in [-0.05, 0) is 75.1 Å². The van der Waals surface area contributed by atoms with Crippen molar-refractivity contribution in [1.29, 1.82) is 0 Å². The van der Waals surface area contributed by atoms with E-state index in [4.69, 9.17) is 8.83 Å². The second-order valence-corrected chi connectivity index (χ2v) is 8.39. The lowest BCUT2D eigenvalue weighted by Gasteiger charge is -2.08. The first-order valence-electron chi connectivity index (χ1n) is 11.0. The molecule has 0 aliphatic heterocycles. The fourth-order valence-corrected chi connectivity index (χ4v) is 4.77. The quantitative estimate of drug-likeness (QED) is 0.216. The molecule has 0 atom stereocenters. The number of benzene rings is 4. The molecular weight excluding hydrogens is 368 g/mol. The van der Waals surface area contributed by atoms with Gasteiger partial charge in [0.2, 0.25) is 0 Å². The number of aryl methyl sites for hydroxylation is 1. The van der Waals surface area contributed by atoms with E-state index in [0.29, 0.717) is 0 Å². The summed E-state index contributed by atoms with van der Waals surface area (Å²) in [5.41, 5.74) is 1.92. The Morgan fingerprint density at radius 1 is 0.600 bits per heavy atom. The van der Waals surface area contributed by atoms with Crippen LogP contribution >= 0.6 is 0 Å². The first-order valence-corrected chi connectivity index (χ1v) is 11.0. The van der Waals surface area contributed by atoms with Crippen molar-refractivity contribution in [3.63, 3.8) is 0 Å². The Kier molecular flexibility index (Phi) is 4.05. The van der Waals surface area contributed by atoms with Gasteiger partial charge in [0.25, 0.3) is 0 Å². The Balaban J connectivity index is 1.51. The van der Waals surface area contributed by atoms with Gasteiger partial charge in [-0.2, -0.15) is 0 Å². The first kappa shape index (κ1) is 17.6. The highest BCUT2D eigenvalue weighted by atomic mass is 16.3. The van der Waals surface area contributed by atoms with Crippen molar-refractivity contribution in [3.8, 4) is 0 Å². The van der Waals surface area contributed by atoms with Crippen molar-refractivity contribution in [2.45, 2.75) is 39.0 Å². The van der Waals surface area contributed by atoms with Crippen molar-refractivity contribution < 1.29 is 8.83 Å². The van der Waals surface area contributed by atoms with Gasteiger partial charge < -0.3 is 8.83 Å². The van der Waals surface area contributed by atoms with E-state index in [9.17, 15) is 0 Å². The van der Waals surface area contributed by atoms with Gasteiger partial charge >= 0.3 is 0 Å². The summed E-state index contributed by atoms with van der Waals surface area (Å²) in [7, 11) is 0. The van der Waals surface area contributed by atoms with E-state index in [2.05, 4.69) is 61.5 Å². The summed E-state index contributed by atoms with van der Waals surface area (Å²) in [6.07, 6.45) is 7.82. The van der Waals surface area contributed by atoms with Crippen molar-refractivity contribution >= 4 is 54.3 Å². The molecule has 0 N–H and O–H groups in total. The highest BCUT2D eigenvalue weighted by molar-refractivity contribution is 6.20. The smallest absolute Gasteiger partial charge is 0.134 e. The number of fused-ring (bicyclic) bond motifs is 7. The van der Waals surface area contributed by atoms with Crippen LogP contribution in [-0.4, -0.2) is 0 Å². The SMILES string of the molecule is CCCCCCc1cc2cc3ccc4c5cc6occc6cc5ccc4c3cc2o1. The van der Waals surface area contributed by atoms with Gasteiger partial charge in [-0.25, -0.2) is 0 Å². The minimum atomic E-state index is 0.935. The highest BCUT2D eigenvalue weighted by Gasteiger charge is 2.10. The first-order chi connectivity index (χ1) is 14.8. The lowest BCUT2D eigenvalue weighted by atomic mass is 9.96. The Hall–Kier alpha value is -3.26. The monoisotopic (exact) mass is 392 g/mol. The summed E-state index contributed by atoms with van der Waals surface area (Å²) >= 11 is 0. The van der Waals surface area contributed by atoms with Crippen LogP contribution in [0.4, 0.5) is 0 Å². The summed E-state index contributed by atoms with van der Waals surface area (Å²) in [6, 6.07) is 22.0. The van der Waals surface area contributed by atoms with Crippen LogP contribution in [0.5, 0.6) is 0 Å². The van der Waals surface area contributed by atoms with E-state index < -0.39 is 0 Å². The van der Waals surface area contributed by atoms with Gasteiger partial charge in [-0.3, -0.25) is 0 Å². The van der Waals surface area contributed by atoms with Crippen molar-refractivity contribution in [2.24, 2.45) is 0 Å². The summed E-state index contributed by atoms with van der Waals surface area (Å²) in [4.78, 5) is 0. The summed E-state index contributed by atoms with van der Waals surface area (Å²) in [5.74, 6) is 1.10. The van der Waals surface area contributed by atoms with E-state index in [1.54, 1.807) is 6.26 Å². The Morgan fingerprint density at radius 3 is 2.10 bits per heavy atom. The Labute approximate surface area is 175 Å². The number of hydrogen-bond donors (Lipinski definition) is 0. The zero-order valence-electron chi connectivity index (χ0n) is 17.2. The van der Waals surface area contributed by atoms with Crippen LogP contribution in [-0.2, 0) is 6.42 Å². The molecule has 0 bridgehead atoms. The van der Waals surface area contributed by atoms with E-state index in [1.165, 1.54) is 63.4 Å². The minimum Gasteiger partial charge on any atom is -0.464 e. The van der Waals surface area contributed by atoms with Gasteiger partial charge in [-0.15, -0.1) is 0 Å². The van der Waals surface area contributed by atoms with Gasteiger partial charge in [0.05, 0.1) is 6.26 Å². The summed E-state index contributed by atoms with van der Waals surface area (Å²) < 4.78 is 11.9. The van der Waals surface area contributed by atoms with Gasteiger partial charge in [0.15, 0.2) is 0 Å². The van der Waals surface area contributed by atoms with Crippen LogP contribution in [0, 0.1) is 0 Å². The summed E-state index contributed by atoms with van der Waals surface area (Å²) in [5, 5.41) is 9.83. The lowest BCUT2D eigenvalue weighted by molar-refractivity contribution is 0.527. The van der Waals surface area contributed by atoms with Crippen LogP contribution in [0.15, 0.2) is 75.8 Å². The zero-order chi connectivity index (χ0) is 20.1. The third kappa shape index (κ3) is 2.79. The molecule has 0 fully saturated rings. The molecule has 148 valence electrons. The minimum absolute atomic E-state index is 0.935. The van der Waals surface area contributed by atoms with Crippen LogP contribution < -0.4 is 0 Å². The maximum absolute atomic E-state index is 6.22. The molecule has 2 aromatic heterocycles. The molecular formula is C28H24O2. The average molecular weight is 392 g/mol. The molecule has 0 amide bonds. The molecule has 0 radical (unpaired) electrons. The fraction of sp³-hybridized carbons (Fsp3) is 0.214. The maximum Gasteiger partial charge on any atom is 0.134 e. The molecule has 0 aliphatic carbocycles. The van der Waals surface area contributed by atoms with E-state index in [0.717, 1.165) is 28.7 Å². The number of unbranched alkanes of at least 4 members (excludes halogenated alkanes) is 3. The van der Waals surface area contributed by atoms with Crippen molar-refractivity contribution in [2.75, 3.05) is 0 Å². The van der Waals surface area contributed by atoms with Crippen molar-refractivity contribution in [1.82, 2.24) is 0 Å². The molecule has 2 heteroatoms. The second-order valence-electron chi connectivity index (χ2n) is 8.39.